The standard InChI is InChI=1S/C29H39NOSi/c1-28(2,3)32(24-13-6-4-7-14-24,25-15-8-5-9-16-25)31-27-22-17-21-18-29(19-22,20-30-26(21)27)23-11-10-12-23/h4-9,13-16,21-23,26-27,30H,10-12,17-20H2,1-3H3/t21?,22?,26?,27-,29?/m0/s1. The number of benzene rings is 2. The smallest absolute Gasteiger partial charge is 0.261 e. The van der Waals surface area contributed by atoms with E-state index in [1.165, 1.54) is 55.4 Å². The Hall–Kier alpha value is -1.42. The molecule has 1 N–H and O–H groups in total. The molecule has 2 aromatic carbocycles. The SMILES string of the molecule is CC(C)(C)[Si](O[C@H]1C2CC3CC(C4CCC4)(CNC31)C2)(c1ccccc1)c1ccccc1. The van der Waals surface area contributed by atoms with E-state index in [0.29, 0.717) is 17.6 Å². The summed E-state index contributed by atoms with van der Waals surface area (Å²) < 4.78 is 7.73. The third-order valence-corrected chi connectivity index (χ3v) is 14.7. The summed E-state index contributed by atoms with van der Waals surface area (Å²) in [4.78, 5) is 0. The van der Waals surface area contributed by atoms with E-state index in [1.807, 2.05) is 0 Å². The fourth-order valence-corrected chi connectivity index (χ4v) is 12.8. The number of hydrogen-bond acceptors (Lipinski definition) is 2. The number of rotatable bonds is 5. The molecule has 0 spiro atoms. The van der Waals surface area contributed by atoms with Crippen molar-refractivity contribution >= 4 is 18.7 Å². The van der Waals surface area contributed by atoms with E-state index in [2.05, 4.69) is 86.8 Å². The van der Waals surface area contributed by atoms with Crippen molar-refractivity contribution in [1.29, 1.82) is 0 Å². The molecule has 1 heterocycles. The fourth-order valence-electron chi connectivity index (χ4n) is 8.08. The van der Waals surface area contributed by atoms with Crippen LogP contribution < -0.4 is 15.7 Å². The van der Waals surface area contributed by atoms with Gasteiger partial charge in [-0.2, -0.15) is 0 Å². The van der Waals surface area contributed by atoms with E-state index < -0.39 is 8.32 Å². The van der Waals surface area contributed by atoms with Gasteiger partial charge in [-0.15, -0.1) is 0 Å². The molecule has 6 rings (SSSR count). The van der Waals surface area contributed by atoms with Gasteiger partial charge in [0.25, 0.3) is 8.32 Å². The van der Waals surface area contributed by atoms with Crippen LogP contribution in [-0.2, 0) is 4.43 Å². The van der Waals surface area contributed by atoms with Crippen molar-refractivity contribution in [3.8, 4) is 0 Å². The van der Waals surface area contributed by atoms with E-state index >= 15 is 0 Å². The lowest BCUT2D eigenvalue weighted by molar-refractivity contribution is -0.00803. The Kier molecular flexibility index (Phi) is 4.98. The molecule has 0 radical (unpaired) electrons. The van der Waals surface area contributed by atoms with Crippen LogP contribution in [0.4, 0.5) is 0 Å². The maximum absolute atomic E-state index is 7.73. The summed E-state index contributed by atoms with van der Waals surface area (Å²) in [5, 5.41) is 6.98. The average molecular weight is 446 g/mol. The molecular weight excluding hydrogens is 406 g/mol. The maximum atomic E-state index is 7.73. The van der Waals surface area contributed by atoms with Gasteiger partial charge in [-0.3, -0.25) is 0 Å². The molecule has 0 amide bonds. The molecule has 5 atom stereocenters. The molecule has 4 fully saturated rings. The molecule has 32 heavy (non-hydrogen) atoms. The minimum Gasteiger partial charge on any atom is -0.403 e. The van der Waals surface area contributed by atoms with Crippen molar-refractivity contribution in [2.75, 3.05) is 6.54 Å². The Balaban J connectivity index is 1.43. The highest BCUT2D eigenvalue weighted by Gasteiger charge is 2.62. The summed E-state index contributed by atoms with van der Waals surface area (Å²) in [7, 11) is -2.50. The van der Waals surface area contributed by atoms with Gasteiger partial charge in [-0.1, -0.05) is 87.9 Å². The average Bonchev–Trinajstić information content (AvgIpc) is 2.91. The van der Waals surface area contributed by atoms with Crippen LogP contribution in [0.5, 0.6) is 0 Å². The Morgan fingerprint density at radius 3 is 2.00 bits per heavy atom. The van der Waals surface area contributed by atoms with E-state index in [-0.39, 0.29) is 5.04 Å². The summed E-state index contributed by atoms with van der Waals surface area (Å²) >= 11 is 0. The van der Waals surface area contributed by atoms with Crippen LogP contribution >= 0.6 is 0 Å². The quantitative estimate of drug-likeness (QED) is 0.645. The Labute approximate surface area is 195 Å². The maximum Gasteiger partial charge on any atom is 0.261 e. The third kappa shape index (κ3) is 3.04. The van der Waals surface area contributed by atoms with Crippen LogP contribution in [0.1, 0.15) is 59.3 Å². The zero-order valence-corrected chi connectivity index (χ0v) is 21.0. The molecule has 4 aliphatic rings. The minimum absolute atomic E-state index is 0.0516. The predicted octanol–water partition coefficient (Wildman–Crippen LogP) is 5.12. The van der Waals surface area contributed by atoms with E-state index in [9.17, 15) is 0 Å². The zero-order chi connectivity index (χ0) is 22.0. The molecule has 1 saturated heterocycles. The van der Waals surface area contributed by atoms with Gasteiger partial charge >= 0.3 is 0 Å². The highest BCUT2D eigenvalue weighted by Crippen LogP contribution is 2.61. The molecule has 2 aromatic rings. The van der Waals surface area contributed by atoms with Gasteiger partial charge in [0.15, 0.2) is 0 Å². The Morgan fingerprint density at radius 2 is 1.47 bits per heavy atom. The first-order valence-electron chi connectivity index (χ1n) is 13.0. The minimum atomic E-state index is -2.50. The van der Waals surface area contributed by atoms with Gasteiger partial charge in [0, 0.05) is 12.6 Å². The van der Waals surface area contributed by atoms with Gasteiger partial charge in [-0.05, 0) is 70.7 Å². The van der Waals surface area contributed by atoms with Gasteiger partial charge in [0.1, 0.15) is 0 Å². The van der Waals surface area contributed by atoms with E-state index in [4.69, 9.17) is 4.43 Å². The third-order valence-electron chi connectivity index (χ3n) is 9.66. The van der Waals surface area contributed by atoms with E-state index in [1.54, 1.807) is 0 Å². The van der Waals surface area contributed by atoms with Crippen LogP contribution in [0, 0.1) is 23.2 Å². The molecule has 170 valence electrons. The van der Waals surface area contributed by atoms with Crippen molar-refractivity contribution < 1.29 is 4.43 Å². The Bertz CT molecular complexity index is 911. The molecule has 3 bridgehead atoms. The molecular formula is C29H39NOSi. The van der Waals surface area contributed by atoms with Crippen molar-refractivity contribution in [2.24, 2.45) is 23.2 Å². The summed E-state index contributed by atoms with van der Waals surface area (Å²) in [5.41, 5.74) is 0.561. The van der Waals surface area contributed by atoms with Crippen molar-refractivity contribution in [2.45, 2.75) is 76.5 Å². The second-order valence-corrected chi connectivity index (χ2v) is 16.6. The highest BCUT2D eigenvalue weighted by molar-refractivity contribution is 6.99. The molecule has 2 nitrogen and oxygen atoms in total. The van der Waals surface area contributed by atoms with E-state index in [0.717, 1.165) is 17.8 Å². The van der Waals surface area contributed by atoms with Crippen molar-refractivity contribution in [1.82, 2.24) is 5.32 Å². The summed E-state index contributed by atoms with van der Waals surface area (Å²) in [6.07, 6.45) is 8.93. The first-order chi connectivity index (χ1) is 15.4. The second kappa shape index (κ2) is 7.55. The molecule has 3 heteroatoms. The lowest BCUT2D eigenvalue weighted by Crippen LogP contribution is -2.69. The van der Waals surface area contributed by atoms with Crippen LogP contribution in [0.2, 0.25) is 5.04 Å². The fraction of sp³-hybridized carbons (Fsp3) is 0.586. The lowest BCUT2D eigenvalue weighted by Gasteiger charge is -2.52. The number of piperidine rings is 1. The topological polar surface area (TPSA) is 21.3 Å². The molecule has 3 saturated carbocycles. The molecule has 0 aromatic heterocycles. The van der Waals surface area contributed by atoms with Crippen LogP contribution in [-0.4, -0.2) is 27.0 Å². The molecule has 3 aliphatic carbocycles. The predicted molar refractivity (Wildman–Crippen MR) is 135 cm³/mol. The van der Waals surface area contributed by atoms with Crippen LogP contribution in [0.15, 0.2) is 60.7 Å². The summed E-state index contributed by atoms with van der Waals surface area (Å²) in [6.45, 7) is 8.49. The van der Waals surface area contributed by atoms with Crippen molar-refractivity contribution in [3.63, 3.8) is 0 Å². The first kappa shape index (κ1) is 21.1. The van der Waals surface area contributed by atoms with Crippen molar-refractivity contribution in [3.05, 3.63) is 60.7 Å². The number of hydrogen-bond donors (Lipinski definition) is 1. The number of nitrogens with one attached hydrogen (secondary N) is 1. The Morgan fingerprint density at radius 1 is 0.875 bits per heavy atom. The second-order valence-electron chi connectivity index (χ2n) is 12.3. The molecule has 4 unspecified atom stereocenters. The number of fused-ring (bicyclic) bond motifs is 2. The first-order valence-corrected chi connectivity index (χ1v) is 14.9. The summed E-state index contributed by atoms with van der Waals surface area (Å²) in [6, 6.07) is 23.0. The van der Waals surface area contributed by atoms with Gasteiger partial charge in [0.2, 0.25) is 0 Å². The van der Waals surface area contributed by atoms with Gasteiger partial charge < -0.3 is 9.74 Å². The normalized spacial score (nSPS) is 34.5. The van der Waals surface area contributed by atoms with Gasteiger partial charge in [0.05, 0.1) is 6.10 Å². The zero-order valence-electron chi connectivity index (χ0n) is 20.0. The van der Waals surface area contributed by atoms with Crippen LogP contribution in [0.25, 0.3) is 0 Å². The molecule has 1 aliphatic heterocycles. The highest BCUT2D eigenvalue weighted by atomic mass is 28.4. The largest absolute Gasteiger partial charge is 0.403 e. The summed E-state index contributed by atoms with van der Waals surface area (Å²) in [5.74, 6) is 2.50. The van der Waals surface area contributed by atoms with Crippen LogP contribution in [0.3, 0.4) is 0 Å². The van der Waals surface area contributed by atoms with Gasteiger partial charge in [-0.25, -0.2) is 0 Å². The lowest BCUT2D eigenvalue weighted by atomic mass is 9.55. The monoisotopic (exact) mass is 445 g/mol.